The summed E-state index contributed by atoms with van der Waals surface area (Å²) in [5.41, 5.74) is -0.0389. The van der Waals surface area contributed by atoms with Gasteiger partial charge in [0.25, 0.3) is 5.91 Å². The highest BCUT2D eigenvalue weighted by atomic mass is 35.5. The van der Waals surface area contributed by atoms with Crippen molar-refractivity contribution in [1.82, 2.24) is 10.3 Å². The Balaban J connectivity index is 1.74. The van der Waals surface area contributed by atoms with E-state index < -0.39 is 42.6 Å². The van der Waals surface area contributed by atoms with E-state index in [4.69, 9.17) is 16.3 Å². The molecular formula is C16H12ClF2N3O4. The third-order valence-corrected chi connectivity index (χ3v) is 3.15. The second kappa shape index (κ2) is 8.86. The van der Waals surface area contributed by atoms with E-state index in [1.807, 2.05) is 0 Å². The lowest BCUT2D eigenvalue weighted by Crippen LogP contribution is -2.35. The predicted octanol–water partition coefficient (Wildman–Crippen LogP) is 1.92. The van der Waals surface area contributed by atoms with Crippen molar-refractivity contribution in [3.8, 4) is 0 Å². The van der Waals surface area contributed by atoms with E-state index in [0.717, 1.165) is 18.2 Å². The Bertz CT molecular complexity index is 848. The normalized spacial score (nSPS) is 10.1. The molecule has 0 atom stereocenters. The molecule has 0 spiro atoms. The van der Waals surface area contributed by atoms with Crippen LogP contribution in [-0.4, -0.2) is 35.9 Å². The van der Waals surface area contributed by atoms with Gasteiger partial charge >= 0.3 is 5.97 Å². The lowest BCUT2D eigenvalue weighted by molar-refractivity contribution is -0.126. The number of carbonyl (C=O) groups is 3. The molecule has 10 heteroatoms. The van der Waals surface area contributed by atoms with Crippen molar-refractivity contribution in [3.05, 3.63) is 58.9 Å². The Kier molecular flexibility index (Phi) is 6.56. The molecule has 0 saturated heterocycles. The summed E-state index contributed by atoms with van der Waals surface area (Å²) in [6.07, 6.45) is 1.31. The lowest BCUT2D eigenvalue weighted by atomic mass is 10.3. The Labute approximate surface area is 151 Å². The smallest absolute Gasteiger partial charge is 0.357 e. The van der Waals surface area contributed by atoms with E-state index in [9.17, 15) is 23.2 Å². The first-order valence-corrected chi connectivity index (χ1v) is 7.53. The highest BCUT2D eigenvalue weighted by Gasteiger charge is 2.13. The summed E-state index contributed by atoms with van der Waals surface area (Å²) in [4.78, 5) is 38.6. The highest BCUT2D eigenvalue weighted by molar-refractivity contribution is 6.30. The Morgan fingerprint density at radius 3 is 2.54 bits per heavy atom. The van der Waals surface area contributed by atoms with Crippen LogP contribution in [-0.2, 0) is 14.3 Å². The lowest BCUT2D eigenvalue weighted by Gasteiger charge is -2.08. The average Bonchev–Trinajstić information content (AvgIpc) is 2.61. The van der Waals surface area contributed by atoms with E-state index in [-0.39, 0.29) is 16.4 Å². The van der Waals surface area contributed by atoms with Crippen LogP contribution in [0.15, 0.2) is 36.5 Å². The van der Waals surface area contributed by atoms with Crippen molar-refractivity contribution in [2.75, 3.05) is 18.5 Å². The van der Waals surface area contributed by atoms with Gasteiger partial charge in [0.1, 0.15) is 5.69 Å². The summed E-state index contributed by atoms with van der Waals surface area (Å²) in [5, 5.41) is 4.76. The fourth-order valence-electron chi connectivity index (χ4n) is 1.73. The molecule has 1 aromatic carbocycles. The molecule has 2 N–H and O–H groups in total. The van der Waals surface area contributed by atoms with Crippen LogP contribution in [0.2, 0.25) is 5.02 Å². The topological polar surface area (TPSA) is 97.4 Å². The highest BCUT2D eigenvalue weighted by Crippen LogP contribution is 2.12. The molecule has 0 aliphatic rings. The summed E-state index contributed by atoms with van der Waals surface area (Å²) in [7, 11) is 0. The van der Waals surface area contributed by atoms with Gasteiger partial charge in [-0.15, -0.1) is 0 Å². The van der Waals surface area contributed by atoms with E-state index in [1.54, 1.807) is 0 Å². The third kappa shape index (κ3) is 5.78. The Hall–Kier alpha value is -3.07. The number of nitrogens with zero attached hydrogens (tertiary/aromatic N) is 1. The van der Waals surface area contributed by atoms with Crippen LogP contribution in [0.25, 0.3) is 0 Å². The molecule has 26 heavy (non-hydrogen) atoms. The number of benzene rings is 1. The number of aromatic nitrogens is 1. The van der Waals surface area contributed by atoms with Gasteiger partial charge in [-0.2, -0.15) is 0 Å². The zero-order chi connectivity index (χ0) is 19.1. The van der Waals surface area contributed by atoms with Crippen LogP contribution in [0.3, 0.4) is 0 Å². The largest absolute Gasteiger partial charge is 0.451 e. The van der Waals surface area contributed by atoms with Crippen LogP contribution in [0, 0.1) is 11.6 Å². The van der Waals surface area contributed by atoms with Crippen molar-refractivity contribution in [1.29, 1.82) is 0 Å². The molecule has 0 fully saturated rings. The summed E-state index contributed by atoms with van der Waals surface area (Å²) in [5.74, 6) is -4.43. The summed E-state index contributed by atoms with van der Waals surface area (Å²) >= 11 is 5.71. The van der Waals surface area contributed by atoms with Gasteiger partial charge in [-0.05, 0) is 24.3 Å². The van der Waals surface area contributed by atoms with Crippen molar-refractivity contribution < 1.29 is 27.9 Å². The van der Waals surface area contributed by atoms with Gasteiger partial charge < -0.3 is 15.4 Å². The number of hydrogen-bond acceptors (Lipinski definition) is 5. The number of halogens is 3. The van der Waals surface area contributed by atoms with Crippen molar-refractivity contribution in [2.45, 2.75) is 0 Å². The molecule has 2 rings (SSSR count). The number of hydrogen-bond donors (Lipinski definition) is 2. The number of carbonyl (C=O) groups excluding carboxylic acids is 3. The number of amides is 2. The van der Waals surface area contributed by atoms with Gasteiger partial charge in [-0.3, -0.25) is 9.59 Å². The van der Waals surface area contributed by atoms with Gasteiger partial charge in [0.2, 0.25) is 5.91 Å². The van der Waals surface area contributed by atoms with Crippen molar-refractivity contribution >= 4 is 35.1 Å². The molecule has 1 aromatic heterocycles. The SMILES string of the molecule is O=C(COC(=O)c1cc(Cl)ccn1)NCC(=O)Nc1ccc(F)c(F)c1. The molecule has 0 unspecified atom stereocenters. The molecule has 0 aliphatic heterocycles. The average molecular weight is 384 g/mol. The zero-order valence-corrected chi connectivity index (χ0v) is 13.8. The summed E-state index contributed by atoms with van der Waals surface area (Å²) in [6, 6.07) is 5.56. The first-order chi connectivity index (χ1) is 12.3. The number of nitrogens with one attached hydrogen (secondary N) is 2. The second-order valence-corrected chi connectivity index (χ2v) is 5.33. The maximum atomic E-state index is 13.0. The van der Waals surface area contributed by atoms with Crippen LogP contribution in [0.4, 0.5) is 14.5 Å². The molecule has 136 valence electrons. The van der Waals surface area contributed by atoms with Gasteiger partial charge in [-0.1, -0.05) is 11.6 Å². The molecular weight excluding hydrogens is 372 g/mol. The van der Waals surface area contributed by atoms with E-state index in [0.29, 0.717) is 0 Å². The fourth-order valence-corrected chi connectivity index (χ4v) is 1.89. The van der Waals surface area contributed by atoms with Crippen molar-refractivity contribution in [3.63, 3.8) is 0 Å². The molecule has 0 radical (unpaired) electrons. The van der Waals surface area contributed by atoms with Gasteiger partial charge in [-0.25, -0.2) is 18.6 Å². The number of anilines is 1. The van der Waals surface area contributed by atoms with Crippen LogP contribution in [0.5, 0.6) is 0 Å². The van der Waals surface area contributed by atoms with Gasteiger partial charge in [0, 0.05) is 23.0 Å². The monoisotopic (exact) mass is 383 g/mol. The number of esters is 1. The van der Waals surface area contributed by atoms with E-state index in [2.05, 4.69) is 15.6 Å². The molecule has 0 saturated carbocycles. The summed E-state index contributed by atoms with van der Waals surface area (Å²) < 4.78 is 30.5. The number of pyridine rings is 1. The molecule has 2 amide bonds. The standard InChI is InChI=1S/C16H12ClF2N3O4/c17-9-3-4-20-13(5-9)16(25)26-8-15(24)21-7-14(23)22-10-1-2-11(18)12(19)6-10/h1-6H,7-8H2,(H,21,24)(H,22,23). The Morgan fingerprint density at radius 2 is 1.85 bits per heavy atom. The quantitative estimate of drug-likeness (QED) is 0.743. The van der Waals surface area contributed by atoms with Crippen LogP contribution < -0.4 is 10.6 Å². The third-order valence-electron chi connectivity index (χ3n) is 2.91. The second-order valence-electron chi connectivity index (χ2n) is 4.89. The fraction of sp³-hybridized carbons (Fsp3) is 0.125. The molecule has 0 bridgehead atoms. The molecule has 2 aromatic rings. The van der Waals surface area contributed by atoms with E-state index in [1.165, 1.54) is 18.3 Å². The van der Waals surface area contributed by atoms with E-state index >= 15 is 0 Å². The molecule has 1 heterocycles. The first kappa shape index (κ1) is 19.3. The van der Waals surface area contributed by atoms with Gasteiger partial charge in [0.15, 0.2) is 18.2 Å². The van der Waals surface area contributed by atoms with Gasteiger partial charge in [0.05, 0.1) is 6.54 Å². The van der Waals surface area contributed by atoms with Crippen molar-refractivity contribution in [2.24, 2.45) is 0 Å². The minimum Gasteiger partial charge on any atom is -0.451 e. The zero-order valence-electron chi connectivity index (χ0n) is 13.1. The van der Waals surface area contributed by atoms with Crippen LogP contribution in [0.1, 0.15) is 10.5 Å². The predicted molar refractivity (Wildman–Crippen MR) is 87.5 cm³/mol. The molecule has 7 nitrogen and oxygen atoms in total. The minimum atomic E-state index is -1.12. The number of rotatable bonds is 6. The maximum Gasteiger partial charge on any atom is 0.357 e. The minimum absolute atomic E-state index is 0.0293. The number of ether oxygens (including phenoxy) is 1. The first-order valence-electron chi connectivity index (χ1n) is 7.15. The summed E-state index contributed by atoms with van der Waals surface area (Å²) in [6.45, 7) is -1.09. The van der Waals surface area contributed by atoms with Crippen LogP contribution >= 0.6 is 11.6 Å². The molecule has 0 aliphatic carbocycles. The maximum absolute atomic E-state index is 13.0. The Morgan fingerprint density at radius 1 is 1.08 bits per heavy atom.